The molecule has 1 saturated heterocycles. The highest BCUT2D eigenvalue weighted by molar-refractivity contribution is 7.98. The van der Waals surface area contributed by atoms with Crippen LogP contribution in [0.5, 0.6) is 0 Å². The monoisotopic (exact) mass is 673 g/mol. The molecular weight excluding hydrogens is 634 g/mol. The maximum atomic E-state index is 14.2. The minimum atomic E-state index is -1.43. The number of rotatable bonds is 5. The second kappa shape index (κ2) is 13.6. The summed E-state index contributed by atoms with van der Waals surface area (Å²) in [5.41, 5.74) is -1.55. The first-order valence-electron chi connectivity index (χ1n) is 15.5. The number of tetrazole rings is 1. The summed E-state index contributed by atoms with van der Waals surface area (Å²) in [5.74, 6) is -2.18. The molecular formula is C31H40ClN7O6S. The summed E-state index contributed by atoms with van der Waals surface area (Å²) in [6.45, 7) is 5.25. The van der Waals surface area contributed by atoms with E-state index in [1.165, 1.54) is 21.5 Å². The molecule has 15 heteroatoms. The highest BCUT2D eigenvalue weighted by Gasteiger charge is 2.61. The number of alkyl carbamates (subject to hydrolysis) is 1. The minimum Gasteiger partial charge on any atom is -0.479 e. The van der Waals surface area contributed by atoms with E-state index in [0.29, 0.717) is 29.3 Å². The van der Waals surface area contributed by atoms with E-state index in [2.05, 4.69) is 26.0 Å². The number of aromatic nitrogens is 4. The number of halogens is 1. The third kappa shape index (κ3) is 7.49. The molecule has 3 aliphatic rings. The number of carboxylic acids is 1. The smallest absolute Gasteiger partial charge is 0.408 e. The number of carboxylic acid groups (broad SMARTS) is 1. The summed E-state index contributed by atoms with van der Waals surface area (Å²) < 4.78 is 5.45. The lowest BCUT2D eigenvalue weighted by atomic mass is 10.0. The van der Waals surface area contributed by atoms with E-state index in [1.54, 1.807) is 26.8 Å². The van der Waals surface area contributed by atoms with Gasteiger partial charge in [-0.05, 0) is 76.1 Å². The lowest BCUT2D eigenvalue weighted by Crippen LogP contribution is -2.56. The van der Waals surface area contributed by atoms with Crippen molar-refractivity contribution in [3.8, 4) is 11.4 Å². The molecule has 0 unspecified atom stereocenters. The van der Waals surface area contributed by atoms with E-state index in [0.717, 1.165) is 24.2 Å². The molecule has 1 aromatic heterocycles. The molecule has 3 amide bonds. The largest absolute Gasteiger partial charge is 0.479 e. The summed E-state index contributed by atoms with van der Waals surface area (Å²) in [7, 11) is 0. The van der Waals surface area contributed by atoms with Gasteiger partial charge in [-0.1, -0.05) is 36.6 Å². The quantitative estimate of drug-likeness (QED) is 0.308. The van der Waals surface area contributed by atoms with Crippen LogP contribution in [-0.4, -0.2) is 90.1 Å². The van der Waals surface area contributed by atoms with Crippen molar-refractivity contribution < 1.29 is 29.0 Å². The zero-order chi connectivity index (χ0) is 33.2. The molecule has 5 atom stereocenters. The fourth-order valence-corrected chi connectivity index (χ4v) is 6.87. The van der Waals surface area contributed by atoms with Gasteiger partial charge >= 0.3 is 12.1 Å². The van der Waals surface area contributed by atoms with Gasteiger partial charge in [0.1, 0.15) is 23.2 Å². The number of carbonyl (C=O) groups is 4. The predicted molar refractivity (Wildman–Crippen MR) is 171 cm³/mol. The van der Waals surface area contributed by atoms with Crippen LogP contribution in [0.3, 0.4) is 0 Å². The second-order valence-electron chi connectivity index (χ2n) is 13.0. The number of carbonyl (C=O) groups excluding carboxylic acids is 3. The first kappa shape index (κ1) is 33.7. The summed E-state index contributed by atoms with van der Waals surface area (Å²) in [6, 6.07) is 2.93. The molecule has 2 aliphatic heterocycles. The van der Waals surface area contributed by atoms with Gasteiger partial charge in [0.15, 0.2) is 0 Å². The van der Waals surface area contributed by atoms with Crippen LogP contribution in [-0.2, 0) is 19.1 Å². The Morgan fingerprint density at radius 2 is 2.00 bits per heavy atom. The number of allylic oxidation sites excluding steroid dienone is 1. The van der Waals surface area contributed by atoms with E-state index in [-0.39, 0.29) is 25.3 Å². The van der Waals surface area contributed by atoms with Crippen LogP contribution in [0, 0.1) is 5.92 Å². The Labute approximate surface area is 276 Å². The number of thioether (sulfide) groups is 1. The van der Waals surface area contributed by atoms with Crippen LogP contribution in [0.15, 0.2) is 35.2 Å². The third-order valence-corrected chi connectivity index (χ3v) is 9.71. The number of amides is 3. The van der Waals surface area contributed by atoms with Gasteiger partial charge in [-0.25, -0.2) is 9.59 Å². The number of aliphatic carboxylic acids is 1. The van der Waals surface area contributed by atoms with Gasteiger partial charge in [0, 0.05) is 29.3 Å². The summed E-state index contributed by atoms with van der Waals surface area (Å²) in [6.07, 6.45) is 8.78. The maximum Gasteiger partial charge on any atom is 0.408 e. The van der Waals surface area contributed by atoms with E-state index in [4.69, 9.17) is 16.3 Å². The zero-order valence-electron chi connectivity index (χ0n) is 26.4. The van der Waals surface area contributed by atoms with Crippen molar-refractivity contribution in [1.29, 1.82) is 0 Å². The standard InChI is InChI=1S/C31H40ClN7O6S/c1-30(2,3)45-29(44)33-22-11-9-7-5-6-8-10-19-16-31(19,28(42)43)34-26(40)23-15-20(17-38(23)27(22)41)39-36-25(35-37-39)18-12-13-24(46-4)21(32)14-18/h8,10,12-14,19-20,22-23H,5-7,9,11,15-17H2,1-4H3,(H,33,44)(H,34,40)(H,42,43)/b10-8-/t19-,20-,22-,23+,31+/m1/s1. The predicted octanol–water partition coefficient (Wildman–Crippen LogP) is 4.23. The lowest BCUT2D eigenvalue weighted by molar-refractivity contribution is -0.145. The topological polar surface area (TPSA) is 169 Å². The van der Waals surface area contributed by atoms with Gasteiger partial charge < -0.3 is 25.4 Å². The maximum absolute atomic E-state index is 14.2. The first-order chi connectivity index (χ1) is 21.8. The van der Waals surface area contributed by atoms with Crippen LogP contribution >= 0.6 is 23.4 Å². The van der Waals surface area contributed by atoms with E-state index >= 15 is 0 Å². The minimum absolute atomic E-state index is 0.0504. The Morgan fingerprint density at radius 3 is 2.70 bits per heavy atom. The molecule has 1 aliphatic carbocycles. The Hall–Kier alpha value is -3.65. The first-order valence-corrected chi connectivity index (χ1v) is 17.1. The van der Waals surface area contributed by atoms with Crippen LogP contribution in [0.25, 0.3) is 11.4 Å². The number of hydrogen-bond donors (Lipinski definition) is 3. The van der Waals surface area contributed by atoms with Crippen molar-refractivity contribution in [1.82, 2.24) is 35.7 Å². The van der Waals surface area contributed by atoms with E-state index < -0.39 is 53.1 Å². The Kier molecular flexibility index (Phi) is 9.97. The van der Waals surface area contributed by atoms with Crippen molar-refractivity contribution in [3.63, 3.8) is 0 Å². The third-order valence-electron chi connectivity index (χ3n) is 8.49. The number of hydrogen-bond acceptors (Lipinski definition) is 9. The molecule has 3 heterocycles. The molecule has 0 bridgehead atoms. The molecule has 2 fully saturated rings. The molecule has 248 valence electrons. The average molecular weight is 674 g/mol. The summed E-state index contributed by atoms with van der Waals surface area (Å²) in [4.78, 5) is 56.9. The average Bonchev–Trinajstić information content (AvgIpc) is 3.31. The summed E-state index contributed by atoms with van der Waals surface area (Å²) >= 11 is 7.91. The number of fused-ring (bicyclic) bond motifs is 2. The summed E-state index contributed by atoms with van der Waals surface area (Å²) in [5, 5.41) is 29.1. The number of benzene rings is 1. The Balaban J connectivity index is 1.44. The Bertz CT molecular complexity index is 1530. The highest BCUT2D eigenvalue weighted by Crippen LogP contribution is 2.45. The van der Waals surface area contributed by atoms with Crippen molar-refractivity contribution >= 4 is 47.2 Å². The number of nitrogens with one attached hydrogen (secondary N) is 2. The number of nitrogens with zero attached hydrogens (tertiary/aromatic N) is 5. The highest BCUT2D eigenvalue weighted by atomic mass is 35.5. The van der Waals surface area contributed by atoms with Gasteiger partial charge in [0.05, 0.1) is 11.1 Å². The van der Waals surface area contributed by atoms with Crippen molar-refractivity contribution in [3.05, 3.63) is 35.4 Å². The van der Waals surface area contributed by atoms with Gasteiger partial charge in [-0.2, -0.15) is 4.80 Å². The van der Waals surface area contributed by atoms with Crippen LogP contribution < -0.4 is 10.6 Å². The molecule has 3 N–H and O–H groups in total. The SMILES string of the molecule is CSc1ccc(-c2nnn([C@@H]3C[C@H]4C(=O)N[C@@]5(C(=O)O)C[C@H]5/C=C\CCCCC[C@@H](NC(=O)OC(C)(C)C)C(=O)N4C3)n2)cc1Cl. The molecule has 13 nitrogen and oxygen atoms in total. The van der Waals surface area contributed by atoms with Crippen LogP contribution in [0.1, 0.15) is 71.8 Å². The van der Waals surface area contributed by atoms with Crippen molar-refractivity contribution in [2.24, 2.45) is 5.92 Å². The zero-order valence-corrected chi connectivity index (χ0v) is 27.9. The molecule has 5 rings (SSSR count). The Morgan fingerprint density at radius 1 is 1.22 bits per heavy atom. The lowest BCUT2D eigenvalue weighted by Gasteiger charge is -2.30. The molecule has 46 heavy (non-hydrogen) atoms. The van der Waals surface area contributed by atoms with Gasteiger partial charge in [-0.3, -0.25) is 9.59 Å². The van der Waals surface area contributed by atoms with E-state index in [9.17, 15) is 24.3 Å². The number of ether oxygens (including phenoxy) is 1. The van der Waals surface area contributed by atoms with Crippen LogP contribution in [0.4, 0.5) is 4.79 Å². The van der Waals surface area contributed by atoms with E-state index in [1.807, 2.05) is 30.5 Å². The molecule has 1 aromatic carbocycles. The van der Waals surface area contributed by atoms with Crippen molar-refractivity contribution in [2.75, 3.05) is 12.8 Å². The van der Waals surface area contributed by atoms with Gasteiger partial charge in [-0.15, -0.1) is 22.0 Å². The molecule has 1 saturated carbocycles. The van der Waals surface area contributed by atoms with Crippen LogP contribution in [0.2, 0.25) is 5.02 Å². The second-order valence-corrected chi connectivity index (χ2v) is 14.3. The van der Waals surface area contributed by atoms with Crippen molar-refractivity contribution in [2.45, 2.75) is 99.9 Å². The van der Waals surface area contributed by atoms with Gasteiger partial charge in [0.25, 0.3) is 0 Å². The molecule has 2 aromatic rings. The molecule has 0 spiro atoms. The fraction of sp³-hybridized carbons (Fsp3) is 0.581. The fourth-order valence-electron chi connectivity index (χ4n) is 6.00. The normalized spacial score (nSPS) is 27.8. The van der Waals surface area contributed by atoms with Gasteiger partial charge in [0.2, 0.25) is 17.6 Å². The molecule has 0 radical (unpaired) electrons.